The van der Waals surface area contributed by atoms with E-state index in [0.717, 1.165) is 0 Å². The van der Waals surface area contributed by atoms with Crippen LogP contribution in [-0.4, -0.2) is 21.1 Å². The highest BCUT2D eigenvalue weighted by Gasteiger charge is 2.61. The monoisotopic (exact) mass is 251 g/mol. The number of aromatic amines is 1. The third-order valence-electron chi connectivity index (χ3n) is 2.25. The quantitative estimate of drug-likeness (QED) is 0.792. The molecule has 0 aliphatic heterocycles. The number of aryl methyl sites for hydroxylation is 1. The molecule has 17 heavy (non-hydrogen) atoms. The lowest BCUT2D eigenvalue weighted by Crippen LogP contribution is -2.34. The fourth-order valence-electron chi connectivity index (χ4n) is 1.32. The molecular formula is C9H6F5N3. The average molecular weight is 251 g/mol. The summed E-state index contributed by atoms with van der Waals surface area (Å²) in [6.07, 6.45) is -4.40. The summed E-state index contributed by atoms with van der Waals surface area (Å²) in [7, 11) is 0. The summed E-state index contributed by atoms with van der Waals surface area (Å²) in [4.78, 5) is 8.76. The van der Waals surface area contributed by atoms with Gasteiger partial charge in [-0.25, -0.2) is 9.97 Å². The van der Waals surface area contributed by atoms with Crippen LogP contribution in [0.15, 0.2) is 12.3 Å². The first-order chi connectivity index (χ1) is 7.73. The van der Waals surface area contributed by atoms with Crippen LogP contribution < -0.4 is 0 Å². The number of imidazole rings is 1. The highest BCUT2D eigenvalue weighted by molar-refractivity contribution is 5.74. The largest absolute Gasteiger partial charge is 0.461 e. The fourth-order valence-corrected chi connectivity index (χ4v) is 1.32. The van der Waals surface area contributed by atoms with Gasteiger partial charge in [-0.1, -0.05) is 0 Å². The first-order valence-corrected chi connectivity index (χ1v) is 4.50. The van der Waals surface area contributed by atoms with E-state index in [0.29, 0.717) is 5.56 Å². The molecule has 0 aliphatic carbocycles. The maximum atomic E-state index is 13.0. The second-order valence-electron chi connectivity index (χ2n) is 3.48. The Morgan fingerprint density at radius 3 is 2.35 bits per heavy atom. The van der Waals surface area contributed by atoms with Gasteiger partial charge >= 0.3 is 12.1 Å². The number of H-pyrrole nitrogens is 1. The van der Waals surface area contributed by atoms with Crippen molar-refractivity contribution in [3.05, 3.63) is 23.7 Å². The lowest BCUT2D eigenvalue weighted by atomic mass is 10.3. The minimum absolute atomic E-state index is 0.0754. The molecule has 2 aromatic rings. The summed E-state index contributed by atoms with van der Waals surface area (Å²) >= 11 is 0. The number of nitrogens with one attached hydrogen (secondary N) is 1. The highest BCUT2D eigenvalue weighted by Crippen LogP contribution is 2.42. The number of pyridine rings is 1. The normalized spacial score (nSPS) is 13.3. The third kappa shape index (κ3) is 1.73. The fraction of sp³-hybridized carbons (Fsp3) is 0.333. The van der Waals surface area contributed by atoms with Crippen LogP contribution in [0.3, 0.4) is 0 Å². The molecule has 0 aliphatic rings. The predicted molar refractivity (Wildman–Crippen MR) is 48.6 cm³/mol. The van der Waals surface area contributed by atoms with E-state index >= 15 is 0 Å². The van der Waals surface area contributed by atoms with Gasteiger partial charge in [-0.05, 0) is 18.6 Å². The zero-order chi connectivity index (χ0) is 12.8. The molecule has 3 nitrogen and oxygen atoms in total. The number of halogens is 5. The van der Waals surface area contributed by atoms with E-state index < -0.39 is 17.9 Å². The van der Waals surface area contributed by atoms with Crippen molar-refractivity contribution in [1.82, 2.24) is 15.0 Å². The van der Waals surface area contributed by atoms with Crippen molar-refractivity contribution in [3.63, 3.8) is 0 Å². The molecule has 92 valence electrons. The molecular weight excluding hydrogens is 245 g/mol. The molecule has 0 spiro atoms. The van der Waals surface area contributed by atoms with Crippen LogP contribution in [0.1, 0.15) is 11.4 Å². The molecule has 0 unspecified atom stereocenters. The SMILES string of the molecule is Cc1ccnc2nc(C(F)(F)C(F)(F)F)[nH]c12. The Morgan fingerprint density at radius 2 is 1.82 bits per heavy atom. The van der Waals surface area contributed by atoms with Gasteiger partial charge in [0, 0.05) is 6.20 Å². The highest BCUT2D eigenvalue weighted by atomic mass is 19.4. The van der Waals surface area contributed by atoms with Crippen LogP contribution in [-0.2, 0) is 5.92 Å². The Bertz CT molecular complexity index is 557. The minimum atomic E-state index is -5.69. The van der Waals surface area contributed by atoms with E-state index in [1.807, 2.05) is 4.98 Å². The lowest BCUT2D eigenvalue weighted by Gasteiger charge is -2.16. The Hall–Kier alpha value is -1.73. The van der Waals surface area contributed by atoms with Crippen LogP contribution in [0, 0.1) is 6.92 Å². The lowest BCUT2D eigenvalue weighted by molar-refractivity contribution is -0.292. The van der Waals surface area contributed by atoms with Gasteiger partial charge in [-0.15, -0.1) is 0 Å². The predicted octanol–water partition coefficient (Wildman–Crippen LogP) is 2.92. The summed E-state index contributed by atoms with van der Waals surface area (Å²) in [5.41, 5.74) is 0.405. The molecule has 0 atom stereocenters. The summed E-state index contributed by atoms with van der Waals surface area (Å²) in [5, 5.41) is 0. The Balaban J connectivity index is 2.62. The number of hydrogen-bond acceptors (Lipinski definition) is 2. The van der Waals surface area contributed by atoms with Crippen molar-refractivity contribution >= 4 is 11.2 Å². The molecule has 2 heterocycles. The van der Waals surface area contributed by atoms with Crippen molar-refractivity contribution in [2.24, 2.45) is 0 Å². The Kier molecular flexibility index (Phi) is 2.33. The number of aromatic nitrogens is 3. The van der Waals surface area contributed by atoms with E-state index in [9.17, 15) is 22.0 Å². The summed E-state index contributed by atoms with van der Waals surface area (Å²) in [5.74, 6) is -6.46. The van der Waals surface area contributed by atoms with Gasteiger partial charge in [-0.3, -0.25) is 0 Å². The molecule has 1 N–H and O–H groups in total. The van der Waals surface area contributed by atoms with Crippen LogP contribution in [0.25, 0.3) is 11.2 Å². The average Bonchev–Trinajstić information content (AvgIpc) is 2.61. The first-order valence-electron chi connectivity index (χ1n) is 4.50. The topological polar surface area (TPSA) is 41.6 Å². The van der Waals surface area contributed by atoms with E-state index in [2.05, 4.69) is 9.97 Å². The summed E-state index contributed by atoms with van der Waals surface area (Å²) in [6.45, 7) is 1.55. The number of nitrogens with zero attached hydrogens (tertiary/aromatic N) is 2. The van der Waals surface area contributed by atoms with Crippen molar-refractivity contribution in [3.8, 4) is 0 Å². The number of hydrogen-bond donors (Lipinski definition) is 1. The Labute approximate surface area is 91.7 Å². The van der Waals surface area contributed by atoms with Gasteiger partial charge in [0.1, 0.15) is 0 Å². The maximum Gasteiger partial charge on any atom is 0.461 e. The molecule has 8 heteroatoms. The molecule has 0 amide bonds. The third-order valence-corrected chi connectivity index (χ3v) is 2.25. The maximum absolute atomic E-state index is 13.0. The molecule has 0 saturated heterocycles. The molecule has 0 radical (unpaired) electrons. The van der Waals surface area contributed by atoms with Crippen molar-refractivity contribution in [1.29, 1.82) is 0 Å². The van der Waals surface area contributed by atoms with Crippen molar-refractivity contribution < 1.29 is 22.0 Å². The van der Waals surface area contributed by atoms with E-state index in [1.165, 1.54) is 12.3 Å². The van der Waals surface area contributed by atoms with Crippen molar-refractivity contribution in [2.75, 3.05) is 0 Å². The molecule has 2 rings (SSSR count). The molecule has 0 fully saturated rings. The van der Waals surface area contributed by atoms with Gasteiger partial charge in [0.15, 0.2) is 11.5 Å². The minimum Gasteiger partial charge on any atom is -0.335 e. The number of rotatable bonds is 1. The number of fused-ring (bicyclic) bond motifs is 1. The zero-order valence-corrected chi connectivity index (χ0v) is 8.44. The second-order valence-corrected chi connectivity index (χ2v) is 3.48. The summed E-state index contributed by atoms with van der Waals surface area (Å²) < 4.78 is 62.3. The standard InChI is InChI=1S/C9H6F5N3/c1-4-2-3-15-6-5(4)16-7(17-6)8(10,11)9(12,13)14/h2-3H,1H3,(H,15,16,17). The second kappa shape index (κ2) is 3.38. The van der Waals surface area contributed by atoms with Gasteiger partial charge in [-0.2, -0.15) is 22.0 Å². The van der Waals surface area contributed by atoms with Crippen LogP contribution in [0.2, 0.25) is 0 Å². The Morgan fingerprint density at radius 1 is 1.18 bits per heavy atom. The van der Waals surface area contributed by atoms with E-state index in [1.54, 1.807) is 6.92 Å². The van der Waals surface area contributed by atoms with E-state index in [-0.39, 0.29) is 11.2 Å². The van der Waals surface area contributed by atoms with E-state index in [4.69, 9.17) is 0 Å². The van der Waals surface area contributed by atoms with Crippen molar-refractivity contribution in [2.45, 2.75) is 19.0 Å². The van der Waals surface area contributed by atoms with Crippen LogP contribution in [0.5, 0.6) is 0 Å². The smallest absolute Gasteiger partial charge is 0.335 e. The number of alkyl halides is 5. The molecule has 0 bridgehead atoms. The summed E-state index contributed by atoms with van der Waals surface area (Å²) in [6, 6.07) is 1.48. The molecule has 0 saturated carbocycles. The molecule has 0 aromatic carbocycles. The van der Waals surface area contributed by atoms with Gasteiger partial charge in [0.2, 0.25) is 0 Å². The van der Waals surface area contributed by atoms with Gasteiger partial charge in [0.05, 0.1) is 5.52 Å². The van der Waals surface area contributed by atoms with Crippen LogP contribution in [0.4, 0.5) is 22.0 Å². The first kappa shape index (κ1) is 11.7. The molecule has 2 aromatic heterocycles. The van der Waals surface area contributed by atoms with Gasteiger partial charge in [0.25, 0.3) is 0 Å². The van der Waals surface area contributed by atoms with Gasteiger partial charge < -0.3 is 4.98 Å². The zero-order valence-electron chi connectivity index (χ0n) is 8.44. The van der Waals surface area contributed by atoms with Crippen LogP contribution >= 0.6 is 0 Å².